The standard InChI is InChI=1S/C13H13FN2O2/c1-7-11(13(18)12(7)17)16-10-5-8(6-15-2)3-4-9(10)14/h3-5,15-16H,6H2,1-2H3. The molecule has 0 aliphatic carbocycles. The average molecular weight is 248 g/mol. The summed E-state index contributed by atoms with van der Waals surface area (Å²) in [6.07, 6.45) is 0. The number of hydrogen-bond donors (Lipinski definition) is 2. The molecule has 2 N–H and O–H groups in total. The van der Waals surface area contributed by atoms with E-state index in [1.165, 1.54) is 6.07 Å². The molecule has 0 radical (unpaired) electrons. The monoisotopic (exact) mass is 248 g/mol. The Balaban J connectivity index is 2.32. The van der Waals surface area contributed by atoms with E-state index in [1.54, 1.807) is 26.1 Å². The van der Waals surface area contributed by atoms with E-state index in [0.717, 1.165) is 5.56 Å². The van der Waals surface area contributed by atoms with Gasteiger partial charge in [0.15, 0.2) is 0 Å². The molecule has 2 aromatic rings. The van der Waals surface area contributed by atoms with Crippen LogP contribution in [-0.4, -0.2) is 7.05 Å². The summed E-state index contributed by atoms with van der Waals surface area (Å²) < 4.78 is 13.6. The number of hydrogen-bond acceptors (Lipinski definition) is 4. The van der Waals surface area contributed by atoms with Gasteiger partial charge < -0.3 is 10.6 Å². The minimum absolute atomic E-state index is 0.181. The molecule has 0 heterocycles. The van der Waals surface area contributed by atoms with Crippen LogP contribution in [0.2, 0.25) is 0 Å². The second kappa shape index (κ2) is 4.70. The molecule has 2 rings (SSSR count). The molecule has 0 fully saturated rings. The van der Waals surface area contributed by atoms with Gasteiger partial charge in [-0.3, -0.25) is 9.59 Å². The Morgan fingerprint density at radius 1 is 1.22 bits per heavy atom. The van der Waals surface area contributed by atoms with Gasteiger partial charge in [-0.2, -0.15) is 0 Å². The minimum atomic E-state index is -0.592. The fraction of sp³-hybridized carbons (Fsp3) is 0.231. The van der Waals surface area contributed by atoms with Crippen LogP contribution in [0.1, 0.15) is 11.1 Å². The molecule has 4 nitrogen and oxygen atoms in total. The Hall–Kier alpha value is -2.01. The average Bonchev–Trinajstić information content (AvgIpc) is 2.38. The van der Waals surface area contributed by atoms with Crippen molar-refractivity contribution in [2.45, 2.75) is 13.5 Å². The Morgan fingerprint density at radius 3 is 2.56 bits per heavy atom. The molecule has 5 heteroatoms. The molecule has 18 heavy (non-hydrogen) atoms. The third kappa shape index (κ3) is 2.04. The summed E-state index contributed by atoms with van der Waals surface area (Å²) >= 11 is 0. The highest BCUT2D eigenvalue weighted by Gasteiger charge is 2.17. The highest BCUT2D eigenvalue weighted by molar-refractivity contribution is 5.66. The zero-order valence-electron chi connectivity index (χ0n) is 10.1. The summed E-state index contributed by atoms with van der Waals surface area (Å²) in [6.45, 7) is 2.14. The lowest BCUT2D eigenvalue weighted by atomic mass is 10.1. The maximum absolute atomic E-state index is 13.6. The SMILES string of the molecule is CNCc1ccc(F)c(Nc2c(C)c(=O)c2=O)c1. The van der Waals surface area contributed by atoms with Crippen molar-refractivity contribution in [3.05, 3.63) is 55.6 Å². The maximum Gasteiger partial charge on any atom is 0.249 e. The minimum Gasteiger partial charge on any atom is -0.349 e. The zero-order valence-corrected chi connectivity index (χ0v) is 10.1. The predicted octanol–water partition coefficient (Wildman–Crippen LogP) is 1.19. The van der Waals surface area contributed by atoms with E-state index < -0.39 is 16.7 Å². The van der Waals surface area contributed by atoms with Gasteiger partial charge in [-0.25, -0.2) is 4.39 Å². The topological polar surface area (TPSA) is 58.2 Å². The summed E-state index contributed by atoms with van der Waals surface area (Å²) in [5, 5.41) is 5.64. The van der Waals surface area contributed by atoms with Crippen LogP contribution in [0.4, 0.5) is 15.8 Å². The maximum atomic E-state index is 13.6. The van der Waals surface area contributed by atoms with Gasteiger partial charge in [0.05, 0.1) is 11.4 Å². The lowest BCUT2D eigenvalue weighted by Crippen LogP contribution is -2.36. The van der Waals surface area contributed by atoms with E-state index >= 15 is 0 Å². The van der Waals surface area contributed by atoms with Crippen molar-refractivity contribution < 1.29 is 4.39 Å². The van der Waals surface area contributed by atoms with Crippen LogP contribution in [-0.2, 0) is 6.54 Å². The number of nitrogens with one attached hydrogen (secondary N) is 2. The molecular formula is C13H13FN2O2. The van der Waals surface area contributed by atoms with Crippen LogP contribution in [0.25, 0.3) is 0 Å². The van der Waals surface area contributed by atoms with Gasteiger partial charge in [-0.15, -0.1) is 0 Å². The summed E-state index contributed by atoms with van der Waals surface area (Å²) in [5.74, 6) is -0.456. The molecule has 0 bridgehead atoms. The molecule has 0 amide bonds. The normalized spacial score (nSPS) is 10.8. The molecule has 0 aliphatic rings. The van der Waals surface area contributed by atoms with Gasteiger partial charge >= 0.3 is 0 Å². The van der Waals surface area contributed by atoms with Crippen LogP contribution in [0.5, 0.6) is 0 Å². The van der Waals surface area contributed by atoms with Gasteiger partial charge in [-0.1, -0.05) is 6.07 Å². The molecular weight excluding hydrogens is 235 g/mol. The van der Waals surface area contributed by atoms with Gasteiger partial charge in [-0.05, 0) is 31.7 Å². The third-order valence-corrected chi connectivity index (χ3v) is 2.82. The van der Waals surface area contributed by atoms with Crippen molar-refractivity contribution in [2.24, 2.45) is 0 Å². The fourth-order valence-electron chi connectivity index (χ4n) is 1.77. The highest BCUT2D eigenvalue weighted by Crippen LogP contribution is 2.21. The molecule has 0 saturated carbocycles. The Labute approximate surface area is 103 Å². The highest BCUT2D eigenvalue weighted by atomic mass is 19.1. The molecule has 0 aromatic heterocycles. The Morgan fingerprint density at radius 2 is 1.94 bits per heavy atom. The van der Waals surface area contributed by atoms with Crippen molar-refractivity contribution in [1.82, 2.24) is 5.32 Å². The predicted molar refractivity (Wildman–Crippen MR) is 68.5 cm³/mol. The number of benzene rings is 1. The van der Waals surface area contributed by atoms with Gasteiger partial charge in [0.25, 0.3) is 0 Å². The first kappa shape index (κ1) is 12.4. The van der Waals surface area contributed by atoms with Gasteiger partial charge in [0, 0.05) is 12.1 Å². The Bertz CT molecular complexity index is 657. The van der Waals surface area contributed by atoms with Gasteiger partial charge in [0.1, 0.15) is 5.82 Å². The van der Waals surface area contributed by atoms with Crippen molar-refractivity contribution in [2.75, 3.05) is 12.4 Å². The van der Waals surface area contributed by atoms with Gasteiger partial charge in [0.2, 0.25) is 10.9 Å². The number of anilines is 2. The lowest BCUT2D eigenvalue weighted by Gasteiger charge is -2.12. The first-order chi connectivity index (χ1) is 8.54. The van der Waals surface area contributed by atoms with Crippen LogP contribution >= 0.6 is 0 Å². The first-order valence-corrected chi connectivity index (χ1v) is 5.54. The molecule has 0 unspecified atom stereocenters. The summed E-state index contributed by atoms with van der Waals surface area (Å²) in [5.41, 5.74) is 0.518. The van der Waals surface area contributed by atoms with Crippen molar-refractivity contribution in [3.8, 4) is 0 Å². The Kier molecular flexibility index (Phi) is 3.25. The van der Waals surface area contributed by atoms with Crippen LogP contribution < -0.4 is 21.5 Å². The molecule has 94 valence electrons. The summed E-state index contributed by atoms with van der Waals surface area (Å²) in [6, 6.07) is 4.60. The smallest absolute Gasteiger partial charge is 0.249 e. The van der Waals surface area contributed by atoms with Crippen molar-refractivity contribution in [3.63, 3.8) is 0 Å². The van der Waals surface area contributed by atoms with Crippen LogP contribution in [0.3, 0.4) is 0 Å². The third-order valence-electron chi connectivity index (χ3n) is 2.82. The van der Waals surface area contributed by atoms with E-state index in [2.05, 4.69) is 10.6 Å². The number of halogens is 1. The van der Waals surface area contributed by atoms with Crippen molar-refractivity contribution >= 4 is 11.4 Å². The second-order valence-electron chi connectivity index (χ2n) is 4.13. The first-order valence-electron chi connectivity index (χ1n) is 5.54. The van der Waals surface area contributed by atoms with E-state index in [4.69, 9.17) is 0 Å². The van der Waals surface area contributed by atoms with Crippen LogP contribution in [0, 0.1) is 12.7 Å². The molecule has 0 aliphatic heterocycles. The largest absolute Gasteiger partial charge is 0.349 e. The van der Waals surface area contributed by atoms with E-state index in [0.29, 0.717) is 12.1 Å². The fourth-order valence-corrected chi connectivity index (χ4v) is 1.77. The summed E-state index contributed by atoms with van der Waals surface area (Å²) in [7, 11) is 1.79. The number of rotatable bonds is 4. The molecule has 0 atom stereocenters. The molecule has 0 saturated heterocycles. The quantitative estimate of drug-likeness (QED) is 0.798. The summed E-state index contributed by atoms with van der Waals surface area (Å²) in [4.78, 5) is 22.4. The van der Waals surface area contributed by atoms with Crippen LogP contribution in [0.15, 0.2) is 27.8 Å². The van der Waals surface area contributed by atoms with Crippen molar-refractivity contribution in [1.29, 1.82) is 0 Å². The second-order valence-corrected chi connectivity index (χ2v) is 4.13. The van der Waals surface area contributed by atoms with E-state index in [1.807, 2.05) is 0 Å². The molecule has 2 aromatic carbocycles. The zero-order chi connectivity index (χ0) is 13.3. The molecule has 0 spiro atoms. The van der Waals surface area contributed by atoms with E-state index in [-0.39, 0.29) is 11.4 Å². The van der Waals surface area contributed by atoms with E-state index in [9.17, 15) is 14.0 Å². The lowest BCUT2D eigenvalue weighted by molar-refractivity contribution is 0.630.